The Balaban J connectivity index is 1.85. The van der Waals surface area contributed by atoms with Crippen LogP contribution in [0.3, 0.4) is 0 Å². The monoisotopic (exact) mass is 294 g/mol. The number of hydrogen-bond donors (Lipinski definition) is 0. The van der Waals surface area contributed by atoms with Gasteiger partial charge in [-0.3, -0.25) is 4.98 Å². The second-order valence-electron chi connectivity index (χ2n) is 4.85. The highest BCUT2D eigenvalue weighted by molar-refractivity contribution is 6.33. The first-order valence-corrected chi connectivity index (χ1v) is 6.81. The Morgan fingerprint density at radius 1 is 1.40 bits per heavy atom. The zero-order valence-electron chi connectivity index (χ0n) is 11.3. The molecule has 0 aromatic carbocycles. The number of halogens is 1. The number of ether oxygens (including phenoxy) is 1. The van der Waals surface area contributed by atoms with Gasteiger partial charge < -0.3 is 14.2 Å². The molecule has 2 aromatic rings. The highest BCUT2D eigenvalue weighted by Gasteiger charge is 2.31. The van der Waals surface area contributed by atoms with Crippen molar-refractivity contribution in [3.05, 3.63) is 35.2 Å². The molecule has 1 aliphatic rings. The van der Waals surface area contributed by atoms with Crippen molar-refractivity contribution in [2.45, 2.75) is 26.1 Å². The molecule has 0 saturated carbocycles. The molecular weight excluding hydrogens is 280 g/mol. The second kappa shape index (κ2) is 5.38. The predicted octanol–water partition coefficient (Wildman–Crippen LogP) is 2.39. The van der Waals surface area contributed by atoms with Crippen LogP contribution in [0.5, 0.6) is 0 Å². The minimum absolute atomic E-state index is 0.0465. The Labute approximate surface area is 121 Å². The van der Waals surface area contributed by atoms with Gasteiger partial charge in [-0.25, -0.2) is 0 Å². The Morgan fingerprint density at radius 3 is 2.95 bits per heavy atom. The van der Waals surface area contributed by atoms with Gasteiger partial charge in [0.05, 0.1) is 23.4 Å². The molecule has 1 aliphatic heterocycles. The molecule has 0 amide bonds. The van der Waals surface area contributed by atoms with Crippen LogP contribution in [0.2, 0.25) is 5.02 Å². The quantitative estimate of drug-likeness (QED) is 0.847. The van der Waals surface area contributed by atoms with Crippen LogP contribution in [-0.2, 0) is 4.74 Å². The normalized spacial score (nSPS) is 23.1. The molecule has 0 unspecified atom stereocenters. The molecule has 7 heteroatoms. The Hall–Kier alpha value is -1.66. The third-order valence-corrected chi connectivity index (χ3v) is 3.46. The van der Waals surface area contributed by atoms with Gasteiger partial charge in [-0.2, -0.15) is 4.98 Å². The predicted molar refractivity (Wildman–Crippen MR) is 73.8 cm³/mol. The lowest BCUT2D eigenvalue weighted by Gasteiger charge is -2.37. The first-order chi connectivity index (χ1) is 9.63. The van der Waals surface area contributed by atoms with Crippen LogP contribution in [-0.4, -0.2) is 34.3 Å². The maximum atomic E-state index is 6.21. The summed E-state index contributed by atoms with van der Waals surface area (Å²) in [5.41, 5.74) is 0.943. The van der Waals surface area contributed by atoms with E-state index < -0.39 is 0 Å². The zero-order valence-corrected chi connectivity index (χ0v) is 12.0. The van der Waals surface area contributed by atoms with Gasteiger partial charge in [0.25, 0.3) is 5.89 Å². The van der Waals surface area contributed by atoms with Gasteiger partial charge in [-0.05, 0) is 19.9 Å². The third kappa shape index (κ3) is 2.62. The Bertz CT molecular complexity index is 604. The van der Waals surface area contributed by atoms with E-state index in [0.29, 0.717) is 23.3 Å². The lowest BCUT2D eigenvalue weighted by Crippen LogP contribution is -2.43. The summed E-state index contributed by atoms with van der Waals surface area (Å²) in [6.45, 7) is 5.18. The zero-order chi connectivity index (χ0) is 14.1. The molecule has 0 aliphatic carbocycles. The molecule has 2 aromatic heterocycles. The summed E-state index contributed by atoms with van der Waals surface area (Å²) in [5, 5.41) is 4.44. The van der Waals surface area contributed by atoms with E-state index >= 15 is 0 Å². The van der Waals surface area contributed by atoms with Crippen LogP contribution in [0.15, 0.2) is 23.0 Å². The molecule has 3 heterocycles. The van der Waals surface area contributed by atoms with E-state index in [4.69, 9.17) is 20.9 Å². The lowest BCUT2D eigenvalue weighted by molar-refractivity contribution is -0.0331. The molecule has 0 N–H and O–H groups in total. The van der Waals surface area contributed by atoms with Crippen molar-refractivity contribution in [3.63, 3.8) is 0 Å². The van der Waals surface area contributed by atoms with Crippen LogP contribution in [0.1, 0.15) is 24.7 Å². The SMILES string of the molecule is Cc1noc([C@H]2CN(c3ccncc3Cl)C[C@@H](C)O2)n1. The molecule has 1 saturated heterocycles. The van der Waals surface area contributed by atoms with Gasteiger partial charge in [-0.15, -0.1) is 0 Å². The summed E-state index contributed by atoms with van der Waals surface area (Å²) in [7, 11) is 0. The van der Waals surface area contributed by atoms with Crippen LogP contribution < -0.4 is 4.90 Å². The van der Waals surface area contributed by atoms with E-state index in [2.05, 4.69) is 20.0 Å². The number of pyridine rings is 1. The average Bonchev–Trinajstić information content (AvgIpc) is 2.85. The highest BCUT2D eigenvalue weighted by atomic mass is 35.5. The van der Waals surface area contributed by atoms with E-state index in [1.807, 2.05) is 13.0 Å². The summed E-state index contributed by atoms with van der Waals surface area (Å²) in [6, 6.07) is 1.90. The van der Waals surface area contributed by atoms with Crippen LogP contribution in [0, 0.1) is 6.92 Å². The number of hydrogen-bond acceptors (Lipinski definition) is 6. The largest absolute Gasteiger partial charge is 0.364 e. The molecule has 6 nitrogen and oxygen atoms in total. The smallest absolute Gasteiger partial charge is 0.257 e. The fourth-order valence-corrected chi connectivity index (χ4v) is 2.59. The maximum Gasteiger partial charge on any atom is 0.257 e. The van der Waals surface area contributed by atoms with E-state index in [1.165, 1.54) is 0 Å². The number of anilines is 1. The fraction of sp³-hybridized carbons (Fsp3) is 0.462. The molecule has 0 bridgehead atoms. The van der Waals surface area contributed by atoms with Crippen LogP contribution >= 0.6 is 11.6 Å². The highest BCUT2D eigenvalue weighted by Crippen LogP contribution is 2.31. The van der Waals surface area contributed by atoms with Crippen LogP contribution in [0.25, 0.3) is 0 Å². The Morgan fingerprint density at radius 2 is 2.25 bits per heavy atom. The summed E-state index contributed by atoms with van der Waals surface area (Å²) in [5.74, 6) is 1.11. The van der Waals surface area contributed by atoms with Crippen molar-refractivity contribution in [1.82, 2.24) is 15.1 Å². The first-order valence-electron chi connectivity index (χ1n) is 6.43. The lowest BCUT2D eigenvalue weighted by atomic mass is 10.2. The van der Waals surface area contributed by atoms with Crippen molar-refractivity contribution < 1.29 is 9.26 Å². The summed E-state index contributed by atoms with van der Waals surface area (Å²) in [6.07, 6.45) is 3.17. The minimum atomic E-state index is -0.246. The fourth-order valence-electron chi connectivity index (χ4n) is 2.35. The van der Waals surface area contributed by atoms with E-state index in [0.717, 1.165) is 12.2 Å². The maximum absolute atomic E-state index is 6.21. The van der Waals surface area contributed by atoms with Gasteiger partial charge in [0.2, 0.25) is 0 Å². The number of nitrogens with zero attached hydrogens (tertiary/aromatic N) is 4. The molecule has 3 rings (SSSR count). The van der Waals surface area contributed by atoms with Crippen molar-refractivity contribution >= 4 is 17.3 Å². The molecular formula is C13H15ClN4O2. The topological polar surface area (TPSA) is 64.3 Å². The van der Waals surface area contributed by atoms with Crippen molar-refractivity contribution in [2.75, 3.05) is 18.0 Å². The van der Waals surface area contributed by atoms with Gasteiger partial charge in [-0.1, -0.05) is 16.8 Å². The average molecular weight is 295 g/mol. The Kier molecular flexibility index (Phi) is 3.58. The number of rotatable bonds is 2. The van der Waals surface area contributed by atoms with Crippen LogP contribution in [0.4, 0.5) is 5.69 Å². The van der Waals surface area contributed by atoms with Gasteiger partial charge >= 0.3 is 0 Å². The van der Waals surface area contributed by atoms with Crippen molar-refractivity contribution in [3.8, 4) is 0 Å². The molecule has 0 radical (unpaired) electrons. The standard InChI is InChI=1S/C13H15ClN4O2/c1-8-6-18(11-3-4-15-5-10(11)14)7-12(19-8)13-16-9(2)17-20-13/h3-5,8,12H,6-7H2,1-2H3/t8-,12-/m1/s1. The minimum Gasteiger partial charge on any atom is -0.364 e. The molecule has 20 heavy (non-hydrogen) atoms. The van der Waals surface area contributed by atoms with E-state index in [9.17, 15) is 0 Å². The van der Waals surface area contributed by atoms with Gasteiger partial charge in [0.15, 0.2) is 11.9 Å². The summed E-state index contributed by atoms with van der Waals surface area (Å²) < 4.78 is 11.1. The van der Waals surface area contributed by atoms with E-state index in [1.54, 1.807) is 19.3 Å². The first kappa shape index (κ1) is 13.3. The number of aromatic nitrogens is 3. The second-order valence-corrected chi connectivity index (χ2v) is 5.25. The summed E-state index contributed by atoms with van der Waals surface area (Å²) >= 11 is 6.21. The van der Waals surface area contributed by atoms with Crippen molar-refractivity contribution in [1.29, 1.82) is 0 Å². The third-order valence-electron chi connectivity index (χ3n) is 3.17. The molecule has 1 fully saturated rings. The van der Waals surface area contributed by atoms with E-state index in [-0.39, 0.29) is 12.2 Å². The van der Waals surface area contributed by atoms with Crippen molar-refractivity contribution in [2.24, 2.45) is 0 Å². The van der Waals surface area contributed by atoms with Gasteiger partial charge in [0, 0.05) is 18.9 Å². The summed E-state index contributed by atoms with van der Waals surface area (Å²) in [4.78, 5) is 10.4. The number of aryl methyl sites for hydroxylation is 1. The van der Waals surface area contributed by atoms with Gasteiger partial charge in [0.1, 0.15) is 0 Å². The number of morpholine rings is 1. The molecule has 0 spiro atoms. The molecule has 2 atom stereocenters. The molecule has 106 valence electrons.